The van der Waals surface area contributed by atoms with Gasteiger partial charge in [-0.25, -0.2) is 9.18 Å². The number of benzene rings is 1. The minimum absolute atomic E-state index is 0.0288. The van der Waals surface area contributed by atoms with E-state index >= 15 is 0 Å². The standard InChI is InChI=1S/C14H19FO3/c1-10(2)9-17-7-8-18-14(16)12-6-4-5-11(3)13(12)15/h4-6,10H,7-9H2,1-3H3. The van der Waals surface area contributed by atoms with E-state index in [2.05, 4.69) is 0 Å². The predicted molar refractivity (Wildman–Crippen MR) is 67.1 cm³/mol. The zero-order valence-electron chi connectivity index (χ0n) is 11.0. The molecule has 0 fully saturated rings. The first-order valence-corrected chi connectivity index (χ1v) is 6.02. The number of halogens is 1. The number of hydrogen-bond donors (Lipinski definition) is 0. The van der Waals surface area contributed by atoms with Crippen LogP contribution in [0.15, 0.2) is 18.2 Å². The predicted octanol–water partition coefficient (Wildman–Crippen LogP) is 2.96. The molecule has 0 aliphatic carbocycles. The molecule has 1 aromatic carbocycles. The molecule has 0 atom stereocenters. The lowest BCUT2D eigenvalue weighted by Crippen LogP contribution is -2.14. The molecule has 0 aliphatic rings. The molecule has 0 saturated heterocycles. The minimum atomic E-state index is -0.649. The largest absolute Gasteiger partial charge is 0.460 e. The van der Waals surface area contributed by atoms with E-state index in [1.165, 1.54) is 6.07 Å². The van der Waals surface area contributed by atoms with Gasteiger partial charge in [0.2, 0.25) is 0 Å². The van der Waals surface area contributed by atoms with E-state index in [0.29, 0.717) is 24.7 Å². The zero-order chi connectivity index (χ0) is 13.5. The van der Waals surface area contributed by atoms with Crippen LogP contribution in [-0.2, 0) is 9.47 Å². The highest BCUT2D eigenvalue weighted by atomic mass is 19.1. The van der Waals surface area contributed by atoms with Crippen molar-refractivity contribution in [2.24, 2.45) is 5.92 Å². The Hall–Kier alpha value is -1.42. The highest BCUT2D eigenvalue weighted by Gasteiger charge is 2.14. The van der Waals surface area contributed by atoms with Gasteiger partial charge in [0.25, 0.3) is 0 Å². The Morgan fingerprint density at radius 3 is 2.72 bits per heavy atom. The molecule has 18 heavy (non-hydrogen) atoms. The third-order valence-corrected chi connectivity index (χ3v) is 2.32. The normalized spacial score (nSPS) is 10.7. The van der Waals surface area contributed by atoms with Crippen LogP contribution in [0.25, 0.3) is 0 Å². The molecule has 3 nitrogen and oxygen atoms in total. The molecule has 0 N–H and O–H groups in total. The minimum Gasteiger partial charge on any atom is -0.460 e. The van der Waals surface area contributed by atoms with Gasteiger partial charge in [0.05, 0.1) is 12.2 Å². The lowest BCUT2D eigenvalue weighted by atomic mass is 10.1. The first kappa shape index (κ1) is 14.6. The quantitative estimate of drug-likeness (QED) is 0.578. The molecule has 1 rings (SSSR count). The summed E-state index contributed by atoms with van der Waals surface area (Å²) in [6.45, 7) is 6.77. The highest BCUT2D eigenvalue weighted by molar-refractivity contribution is 5.89. The van der Waals surface area contributed by atoms with Gasteiger partial charge in [0, 0.05) is 6.61 Å². The van der Waals surface area contributed by atoms with Gasteiger partial charge in [0.1, 0.15) is 12.4 Å². The Bertz CT molecular complexity index is 402. The second-order valence-corrected chi connectivity index (χ2v) is 4.54. The summed E-state index contributed by atoms with van der Waals surface area (Å²) < 4.78 is 23.8. The highest BCUT2D eigenvalue weighted by Crippen LogP contribution is 2.12. The van der Waals surface area contributed by atoms with Crippen LogP contribution in [0, 0.1) is 18.7 Å². The molecule has 0 bridgehead atoms. The van der Waals surface area contributed by atoms with Gasteiger partial charge >= 0.3 is 5.97 Å². The fourth-order valence-electron chi connectivity index (χ4n) is 1.40. The van der Waals surface area contributed by atoms with E-state index in [0.717, 1.165) is 0 Å². The molecule has 0 spiro atoms. The Morgan fingerprint density at radius 1 is 1.33 bits per heavy atom. The Morgan fingerprint density at radius 2 is 2.06 bits per heavy atom. The van der Waals surface area contributed by atoms with Crippen molar-refractivity contribution in [2.75, 3.05) is 19.8 Å². The monoisotopic (exact) mass is 254 g/mol. The summed E-state index contributed by atoms with van der Waals surface area (Å²) in [6, 6.07) is 4.65. The molecule has 0 aliphatic heterocycles. The zero-order valence-corrected chi connectivity index (χ0v) is 11.0. The topological polar surface area (TPSA) is 35.5 Å². The molecule has 0 radical (unpaired) electrons. The Labute approximate surface area is 107 Å². The van der Waals surface area contributed by atoms with Crippen LogP contribution in [0.3, 0.4) is 0 Å². The smallest absolute Gasteiger partial charge is 0.341 e. The third-order valence-electron chi connectivity index (χ3n) is 2.32. The summed E-state index contributed by atoms with van der Waals surface area (Å²) in [5, 5.41) is 0. The molecule has 4 heteroatoms. The summed E-state index contributed by atoms with van der Waals surface area (Å²) in [7, 11) is 0. The number of rotatable bonds is 6. The van der Waals surface area contributed by atoms with E-state index in [4.69, 9.17) is 9.47 Å². The maximum Gasteiger partial charge on any atom is 0.341 e. The molecule has 100 valence electrons. The van der Waals surface area contributed by atoms with Crippen molar-refractivity contribution in [1.29, 1.82) is 0 Å². The van der Waals surface area contributed by atoms with Crippen molar-refractivity contribution in [3.05, 3.63) is 35.1 Å². The van der Waals surface area contributed by atoms with Crippen molar-refractivity contribution in [2.45, 2.75) is 20.8 Å². The second-order valence-electron chi connectivity index (χ2n) is 4.54. The summed E-state index contributed by atoms with van der Waals surface area (Å²) in [4.78, 5) is 11.6. The maximum atomic E-state index is 13.6. The molecule has 0 unspecified atom stereocenters. The Balaban J connectivity index is 2.39. The van der Waals surface area contributed by atoms with Gasteiger partial charge in [-0.15, -0.1) is 0 Å². The number of carbonyl (C=O) groups is 1. The molecule has 0 saturated carbocycles. The van der Waals surface area contributed by atoms with Crippen molar-refractivity contribution in [3.63, 3.8) is 0 Å². The van der Waals surface area contributed by atoms with Gasteiger partial charge in [-0.1, -0.05) is 26.0 Å². The summed E-state index contributed by atoms with van der Waals surface area (Å²) in [5.74, 6) is -0.732. The van der Waals surface area contributed by atoms with Crippen LogP contribution >= 0.6 is 0 Å². The van der Waals surface area contributed by atoms with Crippen LogP contribution in [0.4, 0.5) is 4.39 Å². The first-order valence-electron chi connectivity index (χ1n) is 6.02. The van der Waals surface area contributed by atoms with E-state index < -0.39 is 11.8 Å². The number of esters is 1. The van der Waals surface area contributed by atoms with Gasteiger partial charge in [0.15, 0.2) is 0 Å². The van der Waals surface area contributed by atoms with Gasteiger partial charge in [-0.05, 0) is 24.5 Å². The average Bonchev–Trinajstić information content (AvgIpc) is 2.31. The molecule has 1 aromatic rings. The number of ether oxygens (including phenoxy) is 2. The molecule has 0 amide bonds. The first-order chi connectivity index (χ1) is 8.52. The van der Waals surface area contributed by atoms with E-state index in [1.807, 2.05) is 13.8 Å². The second kappa shape index (κ2) is 7.11. The van der Waals surface area contributed by atoms with Crippen LogP contribution in [0.5, 0.6) is 0 Å². The van der Waals surface area contributed by atoms with Crippen LogP contribution in [0.2, 0.25) is 0 Å². The third kappa shape index (κ3) is 4.45. The summed E-state index contributed by atoms with van der Waals surface area (Å²) in [5.41, 5.74) is 0.402. The number of carbonyl (C=O) groups excluding carboxylic acids is 1. The average molecular weight is 254 g/mol. The van der Waals surface area contributed by atoms with Gasteiger partial charge < -0.3 is 9.47 Å². The fraction of sp³-hybridized carbons (Fsp3) is 0.500. The molecule has 0 heterocycles. The van der Waals surface area contributed by atoms with Crippen molar-refractivity contribution in [3.8, 4) is 0 Å². The van der Waals surface area contributed by atoms with Crippen molar-refractivity contribution in [1.82, 2.24) is 0 Å². The molecular formula is C14H19FO3. The van der Waals surface area contributed by atoms with Crippen molar-refractivity contribution < 1.29 is 18.7 Å². The van der Waals surface area contributed by atoms with Crippen LogP contribution in [-0.4, -0.2) is 25.8 Å². The SMILES string of the molecule is Cc1cccc(C(=O)OCCOCC(C)C)c1F. The Kier molecular flexibility index (Phi) is 5.78. The van der Waals surface area contributed by atoms with Gasteiger partial charge in [-0.2, -0.15) is 0 Å². The van der Waals surface area contributed by atoms with Gasteiger partial charge in [-0.3, -0.25) is 0 Å². The lowest BCUT2D eigenvalue weighted by molar-refractivity contribution is 0.0273. The van der Waals surface area contributed by atoms with Crippen molar-refractivity contribution >= 4 is 5.97 Å². The fourth-order valence-corrected chi connectivity index (χ4v) is 1.40. The van der Waals surface area contributed by atoms with Crippen LogP contribution < -0.4 is 0 Å². The summed E-state index contributed by atoms with van der Waals surface area (Å²) in [6.07, 6.45) is 0. The number of aryl methyl sites for hydroxylation is 1. The molecule has 0 aromatic heterocycles. The maximum absolute atomic E-state index is 13.6. The van der Waals surface area contributed by atoms with E-state index in [1.54, 1.807) is 19.1 Å². The number of hydrogen-bond acceptors (Lipinski definition) is 3. The summed E-state index contributed by atoms with van der Waals surface area (Å²) >= 11 is 0. The van der Waals surface area contributed by atoms with E-state index in [9.17, 15) is 9.18 Å². The lowest BCUT2D eigenvalue weighted by Gasteiger charge is -2.08. The van der Waals surface area contributed by atoms with E-state index in [-0.39, 0.29) is 12.2 Å². The molecular weight excluding hydrogens is 235 g/mol. The van der Waals surface area contributed by atoms with Crippen LogP contribution in [0.1, 0.15) is 29.8 Å².